The van der Waals surface area contributed by atoms with Crippen molar-refractivity contribution in [3.63, 3.8) is 0 Å². The molecule has 0 aromatic heterocycles. The van der Waals surface area contributed by atoms with Crippen LogP contribution in [0.4, 0.5) is 0 Å². The van der Waals surface area contributed by atoms with Gasteiger partial charge < -0.3 is 0 Å². The van der Waals surface area contributed by atoms with Crippen molar-refractivity contribution in [3.8, 4) is 0 Å². The first kappa shape index (κ1) is 14.0. The van der Waals surface area contributed by atoms with Gasteiger partial charge in [0, 0.05) is 0 Å². The molecule has 0 radical (unpaired) electrons. The van der Waals surface area contributed by atoms with Gasteiger partial charge in [0.2, 0.25) is 0 Å². The van der Waals surface area contributed by atoms with E-state index in [2.05, 4.69) is 6.58 Å². The SMILES string of the molecule is C=C(C(=O)C(C(C)=O)(C(C)=O)[C]12[CH]3[CH]4[CH]5[CH]1[Fe]45321678[CH]2[CH]1[CH]6[CH]7[CH]28)c1ccc(Cl)cc1. The Morgan fingerprint density at radius 2 is 1.34 bits per heavy atom. The molecule has 4 unspecified atom stereocenters. The summed E-state index contributed by atoms with van der Waals surface area (Å²) in [6, 6.07) is 7.05. The van der Waals surface area contributed by atoms with Gasteiger partial charge in [-0.1, -0.05) is 0 Å². The van der Waals surface area contributed by atoms with Crippen molar-refractivity contribution in [2.45, 2.75) is 61.5 Å². The summed E-state index contributed by atoms with van der Waals surface area (Å²) in [4.78, 5) is 49.2. The van der Waals surface area contributed by atoms with Gasteiger partial charge in [-0.05, 0) is 0 Å². The Kier molecular flexibility index (Phi) is 0.780. The molecule has 10 aliphatic heterocycles. The predicted octanol–water partition coefficient (Wildman–Crippen LogP) is 5.85. The molecule has 11 rings (SSSR count). The van der Waals surface area contributed by atoms with Crippen LogP contribution in [-0.4, -0.2) is 17.3 Å². The summed E-state index contributed by atoms with van der Waals surface area (Å²) in [5, 5.41) is 0.592. The third-order valence-corrected chi connectivity index (χ3v) is 60.8. The standard InChI is InChI=1S/C19H16ClO3.C5H5.Fe/c1-12(15-8-10-17(20)11-9-15)18(23)19(13(2)21,14(3)22)16-6-4-5-7-16;1-2-4-5-3-1;/h4-11H,1H2,2-3H3;1-5H;. The van der Waals surface area contributed by atoms with Crippen LogP contribution in [0.5, 0.6) is 0 Å². The third-order valence-electron chi connectivity index (χ3n) is 18.1. The molecule has 0 saturated carbocycles. The number of fused-ring (bicyclic) bond motifs is 10. The maximum atomic E-state index is 14.2. The molecular formula is C24H21ClFeO3. The molecule has 1 spiro atoms. The molecule has 5 heteroatoms. The van der Waals surface area contributed by atoms with Crippen LogP contribution in [-0.2, 0) is 20.9 Å². The van der Waals surface area contributed by atoms with Crippen LogP contribution in [0, 0.1) is 5.41 Å². The van der Waals surface area contributed by atoms with E-state index in [1.807, 2.05) is 0 Å². The van der Waals surface area contributed by atoms with Gasteiger partial charge in [0.05, 0.1) is 0 Å². The first-order chi connectivity index (χ1) is 13.5. The molecule has 10 saturated heterocycles. The van der Waals surface area contributed by atoms with E-state index in [0.29, 0.717) is 25.8 Å². The van der Waals surface area contributed by atoms with Crippen LogP contribution in [0.25, 0.3) is 5.57 Å². The number of Topliss-reactive ketones (excluding diaryl/α,β-unsaturated/α-hetero) is 3. The Balaban J connectivity index is 1.22. The molecule has 150 valence electrons. The van der Waals surface area contributed by atoms with Gasteiger partial charge in [-0.2, -0.15) is 0 Å². The number of benzene rings is 1. The van der Waals surface area contributed by atoms with Crippen molar-refractivity contribution in [1.82, 2.24) is 0 Å². The summed E-state index contributed by atoms with van der Waals surface area (Å²) in [6.07, 6.45) is 0. The number of hydrogen-bond acceptors (Lipinski definition) is 3. The topological polar surface area (TPSA) is 51.2 Å². The molecule has 4 atom stereocenters. The van der Waals surface area contributed by atoms with E-state index in [1.54, 1.807) is 24.3 Å². The number of carbonyl (C=O) groups excluding carboxylic acids is 3. The number of hydrogen-bond donors (Lipinski definition) is 0. The molecular weight excluding hydrogens is 428 g/mol. The third kappa shape index (κ3) is 0.249. The average Bonchev–Trinajstić information content (AvgIpc) is 3.61. The molecule has 10 fully saturated rings. The number of halogens is 1. The molecule has 3 nitrogen and oxygen atoms in total. The molecule has 0 bridgehead atoms. The van der Waals surface area contributed by atoms with E-state index in [1.165, 1.54) is 13.8 Å². The maximum absolute atomic E-state index is 14.2. The molecule has 10 heterocycles. The Morgan fingerprint density at radius 1 is 0.897 bits per heavy atom. The van der Waals surface area contributed by atoms with Crippen molar-refractivity contribution in [3.05, 3.63) is 41.4 Å². The van der Waals surface area contributed by atoms with Crippen molar-refractivity contribution in [2.75, 3.05) is 0 Å². The fourth-order valence-electron chi connectivity index (χ4n) is 19.5. The fourth-order valence-corrected chi connectivity index (χ4v) is 94.8. The minimum absolute atomic E-state index is 0.157. The van der Waals surface area contributed by atoms with Crippen LogP contribution in [0.15, 0.2) is 30.8 Å². The van der Waals surface area contributed by atoms with Gasteiger partial charge in [-0.3, -0.25) is 0 Å². The average molecular weight is 449 g/mol. The predicted molar refractivity (Wildman–Crippen MR) is 106 cm³/mol. The zero-order valence-electron chi connectivity index (χ0n) is 16.2. The van der Waals surface area contributed by atoms with E-state index in [-0.39, 0.29) is 21.7 Å². The van der Waals surface area contributed by atoms with Gasteiger partial charge in [-0.25, -0.2) is 0 Å². The van der Waals surface area contributed by atoms with E-state index in [4.69, 9.17) is 11.6 Å². The summed E-state index contributed by atoms with van der Waals surface area (Å²) in [5.74, 6) is -0.635. The quantitative estimate of drug-likeness (QED) is 0.312. The van der Waals surface area contributed by atoms with Crippen LogP contribution >= 0.6 is 11.6 Å². The summed E-state index contributed by atoms with van der Waals surface area (Å²) >= 11 is 6.03. The summed E-state index contributed by atoms with van der Waals surface area (Å²) in [6.45, 7) is 3.27. The van der Waals surface area contributed by atoms with Gasteiger partial charge in [0.15, 0.2) is 0 Å². The molecule has 0 aliphatic carbocycles. The fraction of sp³-hybridized carbons (Fsp3) is 0.542. The number of allylic oxidation sites excluding steroid dienone is 1. The van der Waals surface area contributed by atoms with E-state index in [9.17, 15) is 14.4 Å². The van der Waals surface area contributed by atoms with Crippen LogP contribution in [0.2, 0.25) is 52.7 Å². The van der Waals surface area contributed by atoms with Crippen LogP contribution in [0.3, 0.4) is 0 Å². The second-order valence-corrected chi connectivity index (χ2v) is 37.9. The molecule has 0 N–H and O–H groups in total. The normalized spacial score (nSPS) is 74.8. The summed E-state index contributed by atoms with van der Waals surface area (Å²) in [7, 11) is 0. The molecule has 1 aromatic carbocycles. The van der Waals surface area contributed by atoms with Crippen molar-refractivity contribution in [1.29, 1.82) is 0 Å². The van der Waals surface area contributed by atoms with E-state index < -0.39 is 11.9 Å². The number of ketones is 3. The number of rotatable bonds is 6. The Morgan fingerprint density at radius 3 is 1.66 bits per heavy atom. The van der Waals surface area contributed by atoms with Crippen molar-refractivity contribution >= 4 is 34.5 Å². The van der Waals surface area contributed by atoms with E-state index in [0.717, 1.165) is 33.7 Å². The second-order valence-electron chi connectivity index (χ2n) is 13.9. The van der Waals surface area contributed by atoms with E-state index >= 15 is 0 Å². The molecule has 10 aliphatic rings. The zero-order chi connectivity index (χ0) is 19.8. The second kappa shape index (κ2) is 1.62. The Labute approximate surface area is 163 Å². The Hall–Kier alpha value is -1.22. The molecule has 1 aromatic rings. The van der Waals surface area contributed by atoms with Gasteiger partial charge >= 0.3 is 164 Å². The first-order valence-electron chi connectivity index (χ1n) is 10.7. The monoisotopic (exact) mass is 448 g/mol. The molecule has 29 heavy (non-hydrogen) atoms. The zero-order valence-corrected chi connectivity index (χ0v) is 18.0. The summed E-state index contributed by atoms with van der Waals surface area (Å²) < 4.78 is -0.157. The van der Waals surface area contributed by atoms with Crippen LogP contribution in [0.1, 0.15) is 19.4 Å². The van der Waals surface area contributed by atoms with Crippen molar-refractivity contribution < 1.29 is 20.9 Å². The number of carbonyl (C=O) groups is 3. The van der Waals surface area contributed by atoms with Crippen LogP contribution < -0.4 is 0 Å². The van der Waals surface area contributed by atoms with Gasteiger partial charge in [-0.15, -0.1) is 0 Å². The molecule has 0 amide bonds. The minimum atomic E-state index is -3.91. The van der Waals surface area contributed by atoms with Crippen molar-refractivity contribution in [2.24, 2.45) is 5.41 Å². The van der Waals surface area contributed by atoms with Gasteiger partial charge in [0.1, 0.15) is 0 Å². The Bertz CT molecular complexity index is 1550. The van der Waals surface area contributed by atoms with Gasteiger partial charge in [0.25, 0.3) is 0 Å². The summed E-state index contributed by atoms with van der Waals surface area (Å²) in [5.41, 5.74) is -0.431. The first-order valence-corrected chi connectivity index (χ1v) is 17.4.